The molecule has 0 spiro atoms. The summed E-state index contributed by atoms with van der Waals surface area (Å²) >= 11 is 0. The first kappa shape index (κ1) is 24.5. The van der Waals surface area contributed by atoms with Gasteiger partial charge in [0, 0.05) is 37.8 Å². The average Bonchev–Trinajstić information content (AvgIpc) is 3.18. The van der Waals surface area contributed by atoms with Crippen LogP contribution in [0.25, 0.3) is 0 Å². The molecular weight excluding hydrogens is 503 g/mol. The number of aliphatic imine (C=N–C) groups is 1. The van der Waals surface area contributed by atoms with E-state index in [1.54, 1.807) is 7.05 Å². The van der Waals surface area contributed by atoms with Gasteiger partial charge in [0.05, 0.1) is 12.2 Å². The highest BCUT2D eigenvalue weighted by Gasteiger charge is 2.23. The van der Waals surface area contributed by atoms with E-state index in [2.05, 4.69) is 39.5 Å². The molecule has 0 aliphatic carbocycles. The van der Waals surface area contributed by atoms with Crippen LogP contribution in [0.5, 0.6) is 0 Å². The number of nitrogens with zero attached hydrogens (tertiary/aromatic N) is 3. The third-order valence-corrected chi connectivity index (χ3v) is 5.11. The van der Waals surface area contributed by atoms with E-state index in [0.717, 1.165) is 30.8 Å². The van der Waals surface area contributed by atoms with Crippen LogP contribution in [0.1, 0.15) is 49.6 Å². The van der Waals surface area contributed by atoms with Gasteiger partial charge in [0.1, 0.15) is 11.6 Å². The number of nitrogens with one attached hydrogen (secondary N) is 2. The van der Waals surface area contributed by atoms with E-state index in [9.17, 15) is 8.78 Å². The van der Waals surface area contributed by atoms with Crippen molar-refractivity contribution in [1.82, 2.24) is 20.7 Å². The number of piperidine rings is 1. The van der Waals surface area contributed by atoms with Gasteiger partial charge in [0.15, 0.2) is 11.7 Å². The van der Waals surface area contributed by atoms with E-state index >= 15 is 0 Å². The fourth-order valence-corrected chi connectivity index (χ4v) is 3.47. The molecule has 9 heteroatoms. The predicted octanol–water partition coefficient (Wildman–Crippen LogP) is 4.02. The summed E-state index contributed by atoms with van der Waals surface area (Å²) in [6.07, 6.45) is 1.92. The molecule has 1 aliphatic heterocycles. The zero-order valence-corrected chi connectivity index (χ0v) is 20.0. The normalized spacial score (nSPS) is 17.7. The van der Waals surface area contributed by atoms with Crippen molar-refractivity contribution in [2.45, 2.75) is 51.7 Å². The number of hydrogen-bond donors (Lipinski definition) is 2. The zero-order valence-electron chi connectivity index (χ0n) is 17.6. The summed E-state index contributed by atoms with van der Waals surface area (Å²) in [4.78, 5) is 6.34. The summed E-state index contributed by atoms with van der Waals surface area (Å²) in [5.74, 6) is 0.738. The van der Waals surface area contributed by atoms with Crippen LogP contribution in [0.15, 0.2) is 33.8 Å². The fraction of sp³-hybridized carbons (Fsp3) is 0.524. The van der Waals surface area contributed by atoms with Crippen LogP contribution in [-0.2, 0) is 13.1 Å². The summed E-state index contributed by atoms with van der Waals surface area (Å²) < 4.78 is 33.3. The maximum absolute atomic E-state index is 14.0. The topological polar surface area (TPSA) is 65.7 Å². The maximum atomic E-state index is 14.0. The Labute approximate surface area is 193 Å². The molecule has 166 valence electrons. The van der Waals surface area contributed by atoms with Gasteiger partial charge in [-0.05, 0) is 37.4 Å². The van der Waals surface area contributed by atoms with Gasteiger partial charge >= 0.3 is 0 Å². The minimum Gasteiger partial charge on any atom is -0.359 e. The number of guanidine groups is 1. The molecule has 1 aromatic heterocycles. The number of rotatable bonds is 6. The molecule has 6 nitrogen and oxygen atoms in total. The van der Waals surface area contributed by atoms with Gasteiger partial charge in [-0.1, -0.05) is 25.1 Å². The number of hydrogen-bond acceptors (Lipinski definition) is 4. The Morgan fingerprint density at radius 2 is 2.07 bits per heavy atom. The Hall–Kier alpha value is -1.75. The Bertz CT molecular complexity index is 822. The molecule has 1 saturated heterocycles. The van der Waals surface area contributed by atoms with E-state index in [1.807, 2.05) is 6.07 Å². The molecule has 0 saturated carbocycles. The third kappa shape index (κ3) is 6.63. The van der Waals surface area contributed by atoms with Crippen LogP contribution in [-0.4, -0.2) is 42.2 Å². The Kier molecular flexibility index (Phi) is 9.47. The SMILES string of the molecule is CN=C(NCc1cc(C(C)C)no1)NC1CCCN(Cc2c(F)cccc2F)C1.I. The summed E-state index contributed by atoms with van der Waals surface area (Å²) in [5, 5.41) is 10.7. The monoisotopic (exact) mass is 533 g/mol. The van der Waals surface area contributed by atoms with E-state index < -0.39 is 11.6 Å². The van der Waals surface area contributed by atoms with Gasteiger partial charge in [-0.2, -0.15) is 0 Å². The lowest BCUT2D eigenvalue weighted by molar-refractivity contribution is 0.188. The van der Waals surface area contributed by atoms with Gasteiger partial charge < -0.3 is 15.2 Å². The minimum atomic E-state index is -0.495. The average molecular weight is 533 g/mol. The number of likely N-dealkylation sites (tertiary alicyclic amines) is 1. The molecule has 3 rings (SSSR count). The molecular formula is C21H30F2IN5O. The summed E-state index contributed by atoms with van der Waals surface area (Å²) in [6.45, 7) is 6.38. The Morgan fingerprint density at radius 1 is 1.33 bits per heavy atom. The zero-order chi connectivity index (χ0) is 20.8. The second-order valence-electron chi connectivity index (χ2n) is 7.72. The summed E-state index contributed by atoms with van der Waals surface area (Å²) in [7, 11) is 1.71. The Balaban J connectivity index is 0.00000320. The molecule has 0 bridgehead atoms. The molecule has 2 aromatic rings. The third-order valence-electron chi connectivity index (χ3n) is 5.11. The smallest absolute Gasteiger partial charge is 0.191 e. The highest BCUT2D eigenvalue weighted by Crippen LogP contribution is 2.18. The summed E-state index contributed by atoms with van der Waals surface area (Å²) in [6, 6.07) is 6.08. The molecule has 0 radical (unpaired) electrons. The maximum Gasteiger partial charge on any atom is 0.191 e. The number of benzene rings is 1. The van der Waals surface area contributed by atoms with Crippen molar-refractivity contribution in [3.05, 3.63) is 52.9 Å². The molecule has 2 N–H and O–H groups in total. The van der Waals surface area contributed by atoms with E-state index in [1.165, 1.54) is 18.2 Å². The lowest BCUT2D eigenvalue weighted by atomic mass is 10.0. The first-order valence-electron chi connectivity index (χ1n) is 10.0. The predicted molar refractivity (Wildman–Crippen MR) is 124 cm³/mol. The molecule has 1 unspecified atom stereocenters. The van der Waals surface area contributed by atoms with Crippen LogP contribution in [0.3, 0.4) is 0 Å². The van der Waals surface area contributed by atoms with Gasteiger partial charge in [-0.3, -0.25) is 9.89 Å². The molecule has 2 heterocycles. The van der Waals surface area contributed by atoms with Crippen molar-refractivity contribution in [1.29, 1.82) is 0 Å². The van der Waals surface area contributed by atoms with Gasteiger partial charge in [0.25, 0.3) is 0 Å². The van der Waals surface area contributed by atoms with Crippen LogP contribution < -0.4 is 10.6 Å². The van der Waals surface area contributed by atoms with Gasteiger partial charge in [-0.15, -0.1) is 24.0 Å². The Morgan fingerprint density at radius 3 is 2.70 bits per heavy atom. The van der Waals surface area contributed by atoms with Gasteiger partial charge in [-0.25, -0.2) is 8.78 Å². The van der Waals surface area contributed by atoms with Crippen molar-refractivity contribution >= 4 is 29.9 Å². The van der Waals surface area contributed by atoms with Crippen molar-refractivity contribution in [3.8, 4) is 0 Å². The van der Waals surface area contributed by atoms with Crippen LogP contribution in [0, 0.1) is 11.6 Å². The summed E-state index contributed by atoms with van der Waals surface area (Å²) in [5.41, 5.74) is 1.05. The molecule has 30 heavy (non-hydrogen) atoms. The molecule has 1 aromatic carbocycles. The van der Waals surface area contributed by atoms with Crippen LogP contribution >= 0.6 is 24.0 Å². The van der Waals surface area contributed by atoms with Crippen molar-refractivity contribution in [3.63, 3.8) is 0 Å². The second-order valence-corrected chi connectivity index (χ2v) is 7.72. The highest BCUT2D eigenvalue weighted by atomic mass is 127. The van der Waals surface area contributed by atoms with E-state index in [4.69, 9.17) is 4.52 Å². The molecule has 0 amide bonds. The van der Waals surface area contributed by atoms with Crippen molar-refractivity contribution < 1.29 is 13.3 Å². The molecule has 1 atom stereocenters. The quantitative estimate of drug-likeness (QED) is 0.334. The van der Waals surface area contributed by atoms with Crippen molar-refractivity contribution in [2.24, 2.45) is 4.99 Å². The highest BCUT2D eigenvalue weighted by molar-refractivity contribution is 14.0. The largest absolute Gasteiger partial charge is 0.359 e. The van der Waals surface area contributed by atoms with Crippen molar-refractivity contribution in [2.75, 3.05) is 20.1 Å². The standard InChI is InChI=1S/C21H29F2N5O.HI/c1-14(2)20-10-16(29-27-20)11-25-21(24-3)26-15-6-5-9-28(12-15)13-17-18(22)7-4-8-19(17)23;/h4,7-8,10,14-15H,5-6,9,11-13H2,1-3H3,(H2,24,25,26);1H. The van der Waals surface area contributed by atoms with E-state index in [-0.39, 0.29) is 42.1 Å². The second kappa shape index (κ2) is 11.6. The van der Waals surface area contributed by atoms with Gasteiger partial charge in [0.2, 0.25) is 0 Å². The number of aromatic nitrogens is 1. The first-order chi connectivity index (χ1) is 14.0. The number of halogens is 3. The molecule has 1 fully saturated rings. The molecule has 1 aliphatic rings. The van der Waals surface area contributed by atoms with Crippen LogP contribution in [0.4, 0.5) is 8.78 Å². The van der Waals surface area contributed by atoms with E-state index in [0.29, 0.717) is 25.0 Å². The van der Waals surface area contributed by atoms with Crippen LogP contribution in [0.2, 0.25) is 0 Å². The lowest BCUT2D eigenvalue weighted by Gasteiger charge is -2.34. The first-order valence-corrected chi connectivity index (χ1v) is 10.0. The fourth-order valence-electron chi connectivity index (χ4n) is 3.47. The lowest BCUT2D eigenvalue weighted by Crippen LogP contribution is -2.50. The minimum absolute atomic E-state index is 0.